The molecule has 0 saturated heterocycles. The fourth-order valence-corrected chi connectivity index (χ4v) is 1.91. The summed E-state index contributed by atoms with van der Waals surface area (Å²) >= 11 is 0. The summed E-state index contributed by atoms with van der Waals surface area (Å²) in [5, 5.41) is 23.2. The van der Waals surface area contributed by atoms with E-state index in [1.807, 2.05) is 0 Å². The van der Waals surface area contributed by atoms with Gasteiger partial charge in [0.2, 0.25) is 0 Å². The van der Waals surface area contributed by atoms with E-state index >= 15 is 0 Å². The normalized spacial score (nSPS) is 10.1. The third-order valence-corrected chi connectivity index (χ3v) is 3.11. The lowest BCUT2D eigenvalue weighted by atomic mass is 10.1. The van der Waals surface area contributed by atoms with E-state index in [9.17, 15) is 20.0 Å². The topological polar surface area (TPSA) is 102 Å². The third kappa shape index (κ3) is 3.14. The van der Waals surface area contributed by atoms with E-state index in [1.54, 1.807) is 19.1 Å². The Hall–Kier alpha value is -3.09. The lowest BCUT2D eigenvalue weighted by Crippen LogP contribution is -2.12. The Morgan fingerprint density at radius 1 is 1.27 bits per heavy atom. The van der Waals surface area contributed by atoms with Crippen LogP contribution in [0.3, 0.4) is 0 Å². The molecule has 0 aliphatic heterocycles. The van der Waals surface area contributed by atoms with E-state index in [0.29, 0.717) is 11.3 Å². The Balaban J connectivity index is 2.26. The molecule has 0 aromatic heterocycles. The number of carbonyl (C=O) groups is 1. The minimum absolute atomic E-state index is 0.0454. The maximum atomic E-state index is 12.1. The lowest BCUT2D eigenvalue weighted by Gasteiger charge is -2.08. The molecule has 1 amide bonds. The number of hydrogen-bond acceptors (Lipinski definition) is 5. The largest absolute Gasteiger partial charge is 0.507 e. The van der Waals surface area contributed by atoms with Crippen molar-refractivity contribution in [1.82, 2.24) is 0 Å². The third-order valence-electron chi connectivity index (χ3n) is 3.11. The molecule has 7 heteroatoms. The van der Waals surface area contributed by atoms with Crippen LogP contribution in [0.5, 0.6) is 11.5 Å². The van der Waals surface area contributed by atoms with Crippen LogP contribution < -0.4 is 10.1 Å². The quantitative estimate of drug-likeness (QED) is 0.668. The Kier molecular flexibility index (Phi) is 4.26. The smallest absolute Gasteiger partial charge is 0.274 e. The highest BCUT2D eigenvalue weighted by atomic mass is 16.6. The van der Waals surface area contributed by atoms with Crippen LogP contribution in [0.2, 0.25) is 0 Å². The predicted octanol–water partition coefficient (Wildman–Crippen LogP) is 2.87. The fourth-order valence-electron chi connectivity index (χ4n) is 1.91. The van der Waals surface area contributed by atoms with Gasteiger partial charge in [-0.3, -0.25) is 14.9 Å². The van der Waals surface area contributed by atoms with E-state index < -0.39 is 10.8 Å². The maximum Gasteiger partial charge on any atom is 0.274 e. The van der Waals surface area contributed by atoms with Gasteiger partial charge in [0.1, 0.15) is 11.5 Å². The van der Waals surface area contributed by atoms with Crippen molar-refractivity contribution in [3.8, 4) is 11.5 Å². The zero-order chi connectivity index (χ0) is 16.3. The number of anilines is 1. The van der Waals surface area contributed by atoms with Gasteiger partial charge in [-0.25, -0.2) is 0 Å². The second-order valence-electron chi connectivity index (χ2n) is 4.60. The van der Waals surface area contributed by atoms with Gasteiger partial charge in [0.15, 0.2) is 0 Å². The number of ether oxygens (including phenoxy) is 1. The number of aromatic hydroxyl groups is 1. The molecule has 0 atom stereocenters. The van der Waals surface area contributed by atoms with Crippen molar-refractivity contribution >= 4 is 17.3 Å². The number of benzene rings is 2. The van der Waals surface area contributed by atoms with E-state index in [2.05, 4.69) is 5.32 Å². The second-order valence-corrected chi connectivity index (χ2v) is 4.60. The van der Waals surface area contributed by atoms with Crippen molar-refractivity contribution in [3.05, 3.63) is 57.6 Å². The molecule has 0 radical (unpaired) electrons. The molecular formula is C15H14N2O5. The Morgan fingerprint density at radius 2 is 2.00 bits per heavy atom. The van der Waals surface area contributed by atoms with E-state index in [4.69, 9.17) is 4.74 Å². The fraction of sp³-hybridized carbons (Fsp3) is 0.133. The number of methoxy groups -OCH3 is 1. The summed E-state index contributed by atoms with van der Waals surface area (Å²) in [5.41, 5.74) is 0.730. The molecule has 0 heterocycles. The van der Waals surface area contributed by atoms with Crippen molar-refractivity contribution in [2.75, 3.05) is 12.4 Å². The summed E-state index contributed by atoms with van der Waals surface area (Å²) in [4.78, 5) is 22.5. The molecule has 2 aromatic rings. The first-order valence-electron chi connectivity index (χ1n) is 6.35. The molecule has 0 aliphatic rings. The number of phenols is 1. The predicted molar refractivity (Wildman–Crippen MR) is 80.4 cm³/mol. The standard InChI is InChI=1S/C15H14N2O5/c1-9-3-4-10(7-13(9)17(20)21)16-15(19)12-6-5-11(22-2)8-14(12)18/h3-8,18H,1-2H3,(H,16,19). The zero-order valence-corrected chi connectivity index (χ0v) is 12.0. The van der Waals surface area contributed by atoms with E-state index in [0.717, 1.165) is 0 Å². The van der Waals surface area contributed by atoms with Gasteiger partial charge in [-0.2, -0.15) is 0 Å². The zero-order valence-electron chi connectivity index (χ0n) is 12.0. The van der Waals surface area contributed by atoms with Crippen LogP contribution in [-0.2, 0) is 0 Å². The summed E-state index contributed by atoms with van der Waals surface area (Å²) < 4.78 is 4.94. The van der Waals surface area contributed by atoms with Crippen LogP contribution in [-0.4, -0.2) is 23.0 Å². The monoisotopic (exact) mass is 302 g/mol. The molecule has 0 unspecified atom stereocenters. The summed E-state index contributed by atoms with van der Waals surface area (Å²) in [5.74, 6) is -0.392. The summed E-state index contributed by atoms with van der Waals surface area (Å²) in [6.07, 6.45) is 0. The average Bonchev–Trinajstić information content (AvgIpc) is 2.48. The number of nitro benzene ring substituents is 1. The molecule has 0 saturated carbocycles. The first kappa shape index (κ1) is 15.3. The molecule has 114 valence electrons. The summed E-state index contributed by atoms with van der Waals surface area (Å²) in [7, 11) is 1.44. The van der Waals surface area contributed by atoms with Gasteiger partial charge in [-0.1, -0.05) is 6.07 Å². The van der Waals surface area contributed by atoms with Crippen LogP contribution in [0.1, 0.15) is 15.9 Å². The first-order valence-corrected chi connectivity index (χ1v) is 6.35. The van der Waals surface area contributed by atoms with Gasteiger partial charge in [0.25, 0.3) is 11.6 Å². The molecule has 7 nitrogen and oxygen atoms in total. The van der Waals surface area contributed by atoms with Gasteiger partial charge in [0, 0.05) is 23.4 Å². The van der Waals surface area contributed by atoms with Crippen LogP contribution in [0.25, 0.3) is 0 Å². The summed E-state index contributed by atoms with van der Waals surface area (Å²) in [6, 6.07) is 8.63. The number of carbonyl (C=O) groups excluding carboxylic acids is 1. The van der Waals surface area contributed by atoms with Gasteiger partial charge >= 0.3 is 0 Å². The number of rotatable bonds is 4. The minimum Gasteiger partial charge on any atom is -0.507 e. The molecule has 0 spiro atoms. The average molecular weight is 302 g/mol. The van der Waals surface area contributed by atoms with Gasteiger partial charge in [-0.05, 0) is 25.1 Å². The highest BCUT2D eigenvalue weighted by Crippen LogP contribution is 2.26. The number of aryl methyl sites for hydroxylation is 1. The molecule has 0 bridgehead atoms. The Labute approximate surface area is 126 Å². The molecule has 2 N–H and O–H groups in total. The van der Waals surface area contributed by atoms with E-state index in [-0.39, 0.29) is 22.7 Å². The lowest BCUT2D eigenvalue weighted by molar-refractivity contribution is -0.385. The first-order chi connectivity index (χ1) is 10.4. The van der Waals surface area contributed by atoms with Crippen LogP contribution in [0, 0.1) is 17.0 Å². The van der Waals surface area contributed by atoms with Gasteiger partial charge < -0.3 is 15.2 Å². The number of phenolic OH excluding ortho intramolecular Hbond substituents is 1. The summed E-state index contributed by atoms with van der Waals surface area (Å²) in [6.45, 7) is 1.61. The highest BCUT2D eigenvalue weighted by molar-refractivity contribution is 6.06. The number of nitrogens with one attached hydrogen (secondary N) is 1. The van der Waals surface area contributed by atoms with Crippen LogP contribution >= 0.6 is 0 Å². The van der Waals surface area contributed by atoms with Crippen molar-refractivity contribution in [2.45, 2.75) is 6.92 Å². The molecule has 2 rings (SSSR count). The number of amides is 1. The molecule has 0 aliphatic carbocycles. The maximum absolute atomic E-state index is 12.1. The minimum atomic E-state index is -0.571. The molecular weight excluding hydrogens is 288 g/mol. The second kappa shape index (κ2) is 6.13. The number of nitrogens with zero attached hydrogens (tertiary/aromatic N) is 1. The molecule has 22 heavy (non-hydrogen) atoms. The van der Waals surface area contributed by atoms with Gasteiger partial charge in [0.05, 0.1) is 17.6 Å². The highest BCUT2D eigenvalue weighted by Gasteiger charge is 2.15. The van der Waals surface area contributed by atoms with Crippen molar-refractivity contribution in [1.29, 1.82) is 0 Å². The number of nitro groups is 1. The van der Waals surface area contributed by atoms with Crippen LogP contribution in [0.4, 0.5) is 11.4 Å². The van der Waals surface area contributed by atoms with Crippen molar-refractivity contribution < 1.29 is 19.6 Å². The Morgan fingerprint density at radius 3 is 2.59 bits per heavy atom. The molecule has 0 fully saturated rings. The van der Waals surface area contributed by atoms with Gasteiger partial charge in [-0.15, -0.1) is 0 Å². The number of hydrogen-bond donors (Lipinski definition) is 2. The van der Waals surface area contributed by atoms with E-state index in [1.165, 1.54) is 31.4 Å². The van der Waals surface area contributed by atoms with Crippen LogP contribution in [0.15, 0.2) is 36.4 Å². The Bertz CT molecular complexity index is 743. The molecule has 2 aromatic carbocycles. The SMILES string of the molecule is COc1ccc(C(=O)Nc2ccc(C)c([N+](=O)[O-])c2)c(O)c1. The van der Waals surface area contributed by atoms with Crippen molar-refractivity contribution in [2.24, 2.45) is 0 Å². The van der Waals surface area contributed by atoms with Crippen molar-refractivity contribution in [3.63, 3.8) is 0 Å².